The first-order chi connectivity index (χ1) is 20.9. The van der Waals surface area contributed by atoms with Crippen molar-refractivity contribution in [3.63, 3.8) is 0 Å². The summed E-state index contributed by atoms with van der Waals surface area (Å²) < 4.78 is 30.8. The molecule has 0 N–H and O–H groups in total. The van der Waals surface area contributed by atoms with Gasteiger partial charge in [0.15, 0.2) is 34.5 Å². The molecule has 3 aromatic carbocycles. The zero-order chi connectivity index (χ0) is 32.2. The monoisotopic (exact) mass is 602 g/mol. The molecule has 0 saturated carbocycles. The standard InChI is InChI=1S/C32H26O12/c1-19(33)39-27-13-9-23(17-29(27)41-21(3)35)11-15-31(37)43-25-7-5-6-8-26(25)44-32(38)16-12-24-10-14-28(40-20(2)34)30(18-24)42-22(4)36/h5-18H,1-4H3/b15-11+,16-12+. The molecule has 226 valence electrons. The van der Waals surface area contributed by atoms with E-state index in [0.29, 0.717) is 11.1 Å². The fourth-order valence-electron chi connectivity index (χ4n) is 3.44. The van der Waals surface area contributed by atoms with E-state index in [4.69, 9.17) is 28.4 Å². The van der Waals surface area contributed by atoms with Gasteiger partial charge in [0.05, 0.1) is 0 Å². The quantitative estimate of drug-likeness (QED) is 0.180. The van der Waals surface area contributed by atoms with Gasteiger partial charge >= 0.3 is 35.8 Å². The Labute approximate surface area is 251 Å². The van der Waals surface area contributed by atoms with Crippen LogP contribution in [0.1, 0.15) is 38.8 Å². The molecule has 3 aromatic rings. The van der Waals surface area contributed by atoms with Crippen molar-refractivity contribution in [2.45, 2.75) is 27.7 Å². The molecule has 0 heterocycles. The number of carbonyl (C=O) groups excluding carboxylic acids is 6. The zero-order valence-electron chi connectivity index (χ0n) is 24.0. The molecular formula is C32H26O12. The number of rotatable bonds is 10. The number of esters is 6. The Morgan fingerprint density at radius 3 is 1.09 bits per heavy atom. The van der Waals surface area contributed by atoms with Crippen molar-refractivity contribution in [1.82, 2.24) is 0 Å². The Hall–Kier alpha value is -6.04. The van der Waals surface area contributed by atoms with Crippen molar-refractivity contribution in [1.29, 1.82) is 0 Å². The number of hydrogen-bond donors (Lipinski definition) is 0. The molecule has 0 aliphatic rings. The molecule has 0 unspecified atom stereocenters. The summed E-state index contributed by atoms with van der Waals surface area (Å²) >= 11 is 0. The van der Waals surface area contributed by atoms with Crippen LogP contribution >= 0.6 is 0 Å². The normalized spacial score (nSPS) is 10.6. The minimum atomic E-state index is -0.812. The maximum Gasteiger partial charge on any atom is 0.336 e. The van der Waals surface area contributed by atoms with E-state index < -0.39 is 35.8 Å². The molecule has 0 atom stereocenters. The van der Waals surface area contributed by atoms with Crippen LogP contribution in [0.5, 0.6) is 34.5 Å². The van der Waals surface area contributed by atoms with Crippen LogP contribution in [0.2, 0.25) is 0 Å². The van der Waals surface area contributed by atoms with Gasteiger partial charge in [-0.2, -0.15) is 0 Å². The first-order valence-electron chi connectivity index (χ1n) is 12.8. The van der Waals surface area contributed by atoms with E-state index in [1.807, 2.05) is 0 Å². The molecule has 0 amide bonds. The third kappa shape index (κ3) is 10.4. The first kappa shape index (κ1) is 32.5. The van der Waals surface area contributed by atoms with Gasteiger partial charge in [0.1, 0.15) is 0 Å². The summed E-state index contributed by atoms with van der Waals surface area (Å²) in [6.07, 6.45) is 4.94. The first-order valence-corrected chi connectivity index (χ1v) is 12.8. The zero-order valence-corrected chi connectivity index (χ0v) is 24.0. The van der Waals surface area contributed by atoms with Gasteiger partial charge in [-0.15, -0.1) is 0 Å². The van der Waals surface area contributed by atoms with Crippen LogP contribution in [0.15, 0.2) is 72.8 Å². The van der Waals surface area contributed by atoms with Gasteiger partial charge in [-0.25, -0.2) is 9.59 Å². The van der Waals surface area contributed by atoms with Gasteiger partial charge in [-0.05, 0) is 59.7 Å². The molecule has 3 rings (SSSR count). The number of ether oxygens (including phenoxy) is 6. The van der Waals surface area contributed by atoms with Gasteiger partial charge in [-0.3, -0.25) is 19.2 Å². The lowest BCUT2D eigenvalue weighted by Crippen LogP contribution is -2.09. The van der Waals surface area contributed by atoms with Crippen molar-refractivity contribution in [3.05, 3.63) is 83.9 Å². The van der Waals surface area contributed by atoms with Gasteiger partial charge in [0, 0.05) is 39.8 Å². The summed E-state index contributed by atoms with van der Waals surface area (Å²) in [6.45, 7) is 4.76. The number of carbonyl (C=O) groups is 6. The largest absolute Gasteiger partial charge is 0.423 e. The van der Waals surface area contributed by atoms with Crippen LogP contribution in [0.3, 0.4) is 0 Å². The molecular weight excluding hydrogens is 576 g/mol. The topological polar surface area (TPSA) is 158 Å². The average molecular weight is 603 g/mol. The molecule has 44 heavy (non-hydrogen) atoms. The minimum Gasteiger partial charge on any atom is -0.423 e. The van der Waals surface area contributed by atoms with Crippen LogP contribution < -0.4 is 28.4 Å². The highest BCUT2D eigenvalue weighted by Crippen LogP contribution is 2.31. The molecule has 0 bridgehead atoms. The number of hydrogen-bond acceptors (Lipinski definition) is 12. The second kappa shape index (κ2) is 15.3. The van der Waals surface area contributed by atoms with E-state index in [1.54, 1.807) is 12.1 Å². The van der Waals surface area contributed by atoms with E-state index in [1.165, 1.54) is 88.4 Å². The van der Waals surface area contributed by atoms with E-state index in [-0.39, 0.29) is 34.5 Å². The van der Waals surface area contributed by atoms with Crippen LogP contribution in [0.25, 0.3) is 12.2 Å². The maximum absolute atomic E-state index is 12.5. The Balaban J connectivity index is 1.70. The summed E-state index contributed by atoms with van der Waals surface area (Å²) in [5.74, 6) is -4.18. The van der Waals surface area contributed by atoms with Gasteiger partial charge in [0.25, 0.3) is 0 Å². The summed E-state index contributed by atoms with van der Waals surface area (Å²) in [5.41, 5.74) is 0.855. The molecule has 0 aliphatic carbocycles. The third-order valence-corrected chi connectivity index (χ3v) is 5.04. The Bertz CT molecular complexity index is 1540. The highest BCUT2D eigenvalue weighted by atomic mass is 16.6. The molecule has 0 fully saturated rings. The van der Waals surface area contributed by atoms with E-state index in [0.717, 1.165) is 12.2 Å². The molecule has 0 aromatic heterocycles. The van der Waals surface area contributed by atoms with Crippen molar-refractivity contribution < 1.29 is 57.2 Å². The molecule has 0 spiro atoms. The minimum absolute atomic E-state index is 0.0172. The van der Waals surface area contributed by atoms with Crippen LogP contribution in [-0.4, -0.2) is 35.8 Å². The van der Waals surface area contributed by atoms with Gasteiger partial charge in [0.2, 0.25) is 0 Å². The SMILES string of the molecule is CC(=O)Oc1ccc(/C=C/C(=O)Oc2ccccc2OC(=O)/C=C/c2ccc(OC(C)=O)c(OC(C)=O)c2)cc1OC(C)=O. The summed E-state index contributed by atoms with van der Waals surface area (Å²) in [5, 5.41) is 0. The summed E-state index contributed by atoms with van der Waals surface area (Å²) in [4.78, 5) is 70.5. The Kier molecular flexibility index (Phi) is 11.3. The van der Waals surface area contributed by atoms with Crippen molar-refractivity contribution >= 4 is 48.0 Å². The fourth-order valence-corrected chi connectivity index (χ4v) is 3.44. The number of para-hydroxylation sites is 2. The molecule has 12 heteroatoms. The highest BCUT2D eigenvalue weighted by molar-refractivity contribution is 5.91. The average Bonchev–Trinajstić information content (AvgIpc) is 2.93. The van der Waals surface area contributed by atoms with Crippen molar-refractivity contribution in [2.24, 2.45) is 0 Å². The summed E-state index contributed by atoms with van der Waals surface area (Å²) in [7, 11) is 0. The summed E-state index contributed by atoms with van der Waals surface area (Å²) in [6, 6.07) is 14.6. The second-order valence-corrected chi connectivity index (χ2v) is 8.74. The van der Waals surface area contributed by atoms with E-state index >= 15 is 0 Å². The Morgan fingerprint density at radius 1 is 0.432 bits per heavy atom. The van der Waals surface area contributed by atoms with Gasteiger partial charge in [-0.1, -0.05) is 24.3 Å². The molecule has 0 saturated heterocycles. The van der Waals surface area contributed by atoms with Crippen LogP contribution in [0.4, 0.5) is 0 Å². The number of benzene rings is 3. The molecule has 12 nitrogen and oxygen atoms in total. The van der Waals surface area contributed by atoms with Crippen LogP contribution in [0, 0.1) is 0 Å². The second-order valence-electron chi connectivity index (χ2n) is 8.74. The predicted molar refractivity (Wildman–Crippen MR) is 154 cm³/mol. The Morgan fingerprint density at radius 2 is 0.750 bits per heavy atom. The predicted octanol–water partition coefficient (Wildman–Crippen LogP) is 4.63. The molecule has 0 radical (unpaired) electrons. The fraction of sp³-hybridized carbons (Fsp3) is 0.125. The van der Waals surface area contributed by atoms with E-state index in [9.17, 15) is 28.8 Å². The molecule has 0 aliphatic heterocycles. The lowest BCUT2D eigenvalue weighted by molar-refractivity contribution is -0.134. The van der Waals surface area contributed by atoms with E-state index in [2.05, 4.69) is 0 Å². The van der Waals surface area contributed by atoms with Crippen molar-refractivity contribution in [3.8, 4) is 34.5 Å². The van der Waals surface area contributed by atoms with Crippen LogP contribution in [-0.2, 0) is 28.8 Å². The van der Waals surface area contributed by atoms with Crippen molar-refractivity contribution in [2.75, 3.05) is 0 Å². The highest BCUT2D eigenvalue weighted by Gasteiger charge is 2.14. The van der Waals surface area contributed by atoms with Gasteiger partial charge < -0.3 is 28.4 Å². The third-order valence-electron chi connectivity index (χ3n) is 5.04. The maximum atomic E-state index is 12.5. The lowest BCUT2D eigenvalue weighted by atomic mass is 10.2. The smallest absolute Gasteiger partial charge is 0.336 e. The lowest BCUT2D eigenvalue weighted by Gasteiger charge is -2.10.